The Hall–Kier alpha value is -1.07. The Bertz CT molecular complexity index is 639. The molecule has 0 bridgehead atoms. The van der Waals surface area contributed by atoms with Gasteiger partial charge in [-0.25, -0.2) is 9.97 Å². The van der Waals surface area contributed by atoms with E-state index < -0.39 is 0 Å². The molecule has 2 fully saturated rings. The molecule has 4 rings (SSSR count). The molecule has 0 spiro atoms. The largest absolute Gasteiger partial charge is 0.309 e. The number of fused-ring (bicyclic) bond motifs is 1. The monoisotopic (exact) mass is 316 g/mol. The van der Waals surface area contributed by atoms with Gasteiger partial charge in [-0.2, -0.15) is 11.8 Å². The number of hydrogen-bond acceptors (Lipinski definition) is 4. The van der Waals surface area contributed by atoms with E-state index in [9.17, 15) is 0 Å². The van der Waals surface area contributed by atoms with Gasteiger partial charge in [0.1, 0.15) is 11.3 Å². The molecule has 2 saturated heterocycles. The highest BCUT2D eigenvalue weighted by Crippen LogP contribution is 2.35. The van der Waals surface area contributed by atoms with Crippen LogP contribution < -0.4 is 0 Å². The predicted octanol–water partition coefficient (Wildman–Crippen LogP) is 3.31. The van der Waals surface area contributed by atoms with Crippen molar-refractivity contribution in [3.63, 3.8) is 0 Å². The summed E-state index contributed by atoms with van der Waals surface area (Å²) in [4.78, 5) is 12.1. The highest BCUT2D eigenvalue weighted by atomic mass is 32.2. The van der Waals surface area contributed by atoms with Crippen molar-refractivity contribution in [1.82, 2.24) is 19.4 Å². The summed E-state index contributed by atoms with van der Waals surface area (Å²) in [5.74, 6) is 4.41. The first-order valence-corrected chi connectivity index (χ1v) is 9.57. The van der Waals surface area contributed by atoms with Gasteiger partial charge in [0.05, 0.1) is 0 Å². The van der Waals surface area contributed by atoms with Crippen LogP contribution >= 0.6 is 11.8 Å². The summed E-state index contributed by atoms with van der Waals surface area (Å²) in [6, 6.07) is 4.70. The molecule has 0 saturated carbocycles. The van der Waals surface area contributed by atoms with Crippen molar-refractivity contribution >= 4 is 22.9 Å². The molecule has 2 aliphatic rings. The molecule has 22 heavy (non-hydrogen) atoms. The fourth-order valence-corrected chi connectivity index (χ4v) is 4.91. The summed E-state index contributed by atoms with van der Waals surface area (Å²) >= 11 is 2.08. The maximum Gasteiger partial charge on any atom is 0.160 e. The van der Waals surface area contributed by atoms with Crippen LogP contribution in [0.3, 0.4) is 0 Å². The lowest BCUT2D eigenvalue weighted by Crippen LogP contribution is -2.31. The zero-order valence-electron chi connectivity index (χ0n) is 13.2. The third-order valence-corrected chi connectivity index (χ3v) is 6.26. The minimum atomic E-state index is 0.577. The number of rotatable bonds is 2. The van der Waals surface area contributed by atoms with Gasteiger partial charge < -0.3 is 9.47 Å². The Kier molecular flexibility index (Phi) is 4.09. The number of nitrogens with zero attached hydrogens (tertiary/aromatic N) is 4. The van der Waals surface area contributed by atoms with Crippen LogP contribution in [0.4, 0.5) is 0 Å². The molecular weight excluding hydrogens is 292 g/mol. The van der Waals surface area contributed by atoms with Crippen LogP contribution in [-0.2, 0) is 0 Å². The van der Waals surface area contributed by atoms with E-state index in [1.807, 2.05) is 12.3 Å². The summed E-state index contributed by atoms with van der Waals surface area (Å²) in [5.41, 5.74) is 2.18. The standard InChI is InChI=1S/C17H24N4S/c1-20-9-6-13(7-10-20)16-19-15-5-2-8-18-17(15)21(16)14-4-3-11-22-12-14/h2,5,8,13-14H,3-4,6-7,9-12H2,1H3. The molecule has 4 nitrogen and oxygen atoms in total. The smallest absolute Gasteiger partial charge is 0.160 e. The number of thioether (sulfide) groups is 1. The molecule has 1 unspecified atom stereocenters. The second kappa shape index (κ2) is 6.20. The van der Waals surface area contributed by atoms with Gasteiger partial charge in [-0.1, -0.05) is 0 Å². The average Bonchev–Trinajstić information content (AvgIpc) is 2.96. The van der Waals surface area contributed by atoms with Crippen LogP contribution in [0.15, 0.2) is 18.3 Å². The molecular formula is C17H24N4S. The van der Waals surface area contributed by atoms with Crippen molar-refractivity contribution in [2.45, 2.75) is 37.6 Å². The number of piperidine rings is 1. The molecule has 4 heterocycles. The number of pyridine rings is 1. The van der Waals surface area contributed by atoms with Crippen molar-refractivity contribution < 1.29 is 0 Å². The highest BCUT2D eigenvalue weighted by molar-refractivity contribution is 7.99. The second-order valence-corrected chi connectivity index (χ2v) is 7.78. The third kappa shape index (κ3) is 2.65. The Morgan fingerprint density at radius 1 is 1.23 bits per heavy atom. The summed E-state index contributed by atoms with van der Waals surface area (Å²) < 4.78 is 2.50. The number of aromatic nitrogens is 3. The van der Waals surface area contributed by atoms with Gasteiger partial charge in [-0.3, -0.25) is 0 Å². The van der Waals surface area contributed by atoms with Crippen molar-refractivity contribution in [3.05, 3.63) is 24.2 Å². The van der Waals surface area contributed by atoms with Crippen molar-refractivity contribution in [1.29, 1.82) is 0 Å². The zero-order chi connectivity index (χ0) is 14.9. The molecule has 0 aliphatic carbocycles. The predicted molar refractivity (Wildman–Crippen MR) is 92.6 cm³/mol. The summed E-state index contributed by atoms with van der Waals surface area (Å²) in [6.07, 6.45) is 6.94. The first-order valence-electron chi connectivity index (χ1n) is 8.42. The van der Waals surface area contributed by atoms with Gasteiger partial charge in [-0.15, -0.1) is 0 Å². The SMILES string of the molecule is CN1CCC(c2nc3cccnc3n2C2CCCSC2)CC1. The van der Waals surface area contributed by atoms with E-state index in [1.54, 1.807) is 0 Å². The Balaban J connectivity index is 1.75. The van der Waals surface area contributed by atoms with E-state index in [1.165, 1.54) is 56.1 Å². The first kappa shape index (κ1) is 14.5. The molecule has 0 amide bonds. The minimum absolute atomic E-state index is 0.577. The van der Waals surface area contributed by atoms with Gasteiger partial charge in [0, 0.05) is 23.9 Å². The Morgan fingerprint density at radius 3 is 2.86 bits per heavy atom. The fourth-order valence-electron chi connectivity index (χ4n) is 3.79. The molecule has 0 radical (unpaired) electrons. The maximum atomic E-state index is 5.01. The minimum Gasteiger partial charge on any atom is -0.309 e. The number of imidazole rings is 1. The lowest BCUT2D eigenvalue weighted by molar-refractivity contribution is 0.247. The lowest BCUT2D eigenvalue weighted by atomic mass is 9.96. The zero-order valence-corrected chi connectivity index (χ0v) is 14.1. The van der Waals surface area contributed by atoms with E-state index in [4.69, 9.17) is 4.98 Å². The summed E-state index contributed by atoms with van der Waals surface area (Å²) in [7, 11) is 2.22. The van der Waals surface area contributed by atoms with Crippen molar-refractivity contribution in [3.8, 4) is 0 Å². The molecule has 2 aliphatic heterocycles. The first-order chi connectivity index (χ1) is 10.8. The van der Waals surface area contributed by atoms with Gasteiger partial charge >= 0.3 is 0 Å². The fraction of sp³-hybridized carbons (Fsp3) is 0.647. The normalized spacial score (nSPS) is 24.9. The quantitative estimate of drug-likeness (QED) is 0.851. The van der Waals surface area contributed by atoms with Gasteiger partial charge in [0.25, 0.3) is 0 Å². The van der Waals surface area contributed by atoms with Gasteiger partial charge in [-0.05, 0) is 63.7 Å². The van der Waals surface area contributed by atoms with Crippen molar-refractivity contribution in [2.24, 2.45) is 0 Å². The molecule has 5 heteroatoms. The topological polar surface area (TPSA) is 34.0 Å². The molecule has 1 atom stereocenters. The second-order valence-electron chi connectivity index (χ2n) is 6.63. The van der Waals surface area contributed by atoms with E-state index in [0.29, 0.717) is 12.0 Å². The summed E-state index contributed by atoms with van der Waals surface area (Å²) in [6.45, 7) is 2.36. The highest BCUT2D eigenvalue weighted by Gasteiger charge is 2.28. The van der Waals surface area contributed by atoms with E-state index >= 15 is 0 Å². The molecule has 2 aromatic rings. The Morgan fingerprint density at radius 2 is 2.09 bits per heavy atom. The molecule has 0 aromatic carbocycles. The average molecular weight is 316 g/mol. The maximum absolute atomic E-state index is 5.01. The van der Waals surface area contributed by atoms with E-state index in [0.717, 1.165) is 11.2 Å². The van der Waals surface area contributed by atoms with Crippen LogP contribution in [-0.4, -0.2) is 51.1 Å². The van der Waals surface area contributed by atoms with Crippen molar-refractivity contribution in [2.75, 3.05) is 31.6 Å². The van der Waals surface area contributed by atoms with Crippen LogP contribution in [0.25, 0.3) is 11.2 Å². The molecule has 118 valence electrons. The van der Waals surface area contributed by atoms with Gasteiger partial charge in [0.2, 0.25) is 0 Å². The van der Waals surface area contributed by atoms with E-state index in [2.05, 4.69) is 39.3 Å². The number of hydrogen-bond donors (Lipinski definition) is 0. The lowest BCUT2D eigenvalue weighted by Gasteiger charge is -2.31. The van der Waals surface area contributed by atoms with Crippen LogP contribution in [0.2, 0.25) is 0 Å². The van der Waals surface area contributed by atoms with E-state index in [-0.39, 0.29) is 0 Å². The molecule has 2 aromatic heterocycles. The number of likely N-dealkylation sites (tertiary alicyclic amines) is 1. The summed E-state index contributed by atoms with van der Waals surface area (Å²) in [5, 5.41) is 0. The van der Waals surface area contributed by atoms with Crippen LogP contribution in [0.5, 0.6) is 0 Å². The van der Waals surface area contributed by atoms with Gasteiger partial charge in [0.15, 0.2) is 5.65 Å². The third-order valence-electron chi connectivity index (χ3n) is 5.06. The van der Waals surface area contributed by atoms with Crippen LogP contribution in [0, 0.1) is 0 Å². The van der Waals surface area contributed by atoms with Crippen LogP contribution in [0.1, 0.15) is 43.5 Å². The molecule has 0 N–H and O–H groups in total. The Labute approximate surface area is 136 Å².